The van der Waals surface area contributed by atoms with Gasteiger partial charge in [-0.1, -0.05) is 6.07 Å². The number of rotatable bonds is 7. The van der Waals surface area contributed by atoms with Crippen LogP contribution in [-0.2, 0) is 11.2 Å². The Labute approximate surface area is 148 Å². The smallest absolute Gasteiger partial charge is 0.246 e. The van der Waals surface area contributed by atoms with Crippen LogP contribution in [0, 0.1) is 6.92 Å². The number of aryl methyl sites for hydroxylation is 1. The van der Waals surface area contributed by atoms with Gasteiger partial charge in [0, 0.05) is 32.1 Å². The molecule has 0 aliphatic rings. The predicted octanol–water partition coefficient (Wildman–Crippen LogP) is 3.12. The third-order valence-corrected chi connectivity index (χ3v) is 3.87. The van der Waals surface area contributed by atoms with Crippen LogP contribution >= 0.6 is 0 Å². The fourth-order valence-corrected chi connectivity index (χ4v) is 2.41. The monoisotopic (exact) mass is 340 g/mol. The third kappa shape index (κ3) is 5.35. The second-order valence-electron chi connectivity index (χ2n) is 5.83. The molecular formula is C20H24N2O3. The highest BCUT2D eigenvalue weighted by atomic mass is 16.5. The van der Waals surface area contributed by atoms with E-state index in [4.69, 9.17) is 9.47 Å². The Kier molecular flexibility index (Phi) is 6.57. The zero-order chi connectivity index (χ0) is 18.2. The zero-order valence-electron chi connectivity index (χ0n) is 15.2. The molecule has 5 nitrogen and oxygen atoms in total. The average molecular weight is 340 g/mol. The molecule has 1 heterocycles. The van der Waals surface area contributed by atoms with Gasteiger partial charge in [-0.15, -0.1) is 0 Å². The molecule has 0 aliphatic heterocycles. The molecule has 0 aliphatic carbocycles. The van der Waals surface area contributed by atoms with Crippen molar-refractivity contribution in [3.8, 4) is 11.5 Å². The van der Waals surface area contributed by atoms with Crippen molar-refractivity contribution < 1.29 is 14.3 Å². The largest absolute Gasteiger partial charge is 0.493 e. The van der Waals surface area contributed by atoms with Crippen molar-refractivity contribution in [3.63, 3.8) is 0 Å². The van der Waals surface area contributed by atoms with Gasteiger partial charge in [-0.25, -0.2) is 0 Å². The number of carbonyl (C=O) groups excluding carboxylic acids is 1. The number of likely N-dealkylation sites (N-methyl/N-ethyl adjacent to an activating group) is 1. The van der Waals surface area contributed by atoms with E-state index in [-0.39, 0.29) is 5.91 Å². The van der Waals surface area contributed by atoms with Crippen LogP contribution in [0.25, 0.3) is 6.08 Å². The molecule has 0 atom stereocenters. The van der Waals surface area contributed by atoms with E-state index in [2.05, 4.69) is 4.98 Å². The summed E-state index contributed by atoms with van der Waals surface area (Å²) in [5.41, 5.74) is 3.07. The quantitative estimate of drug-likeness (QED) is 0.727. The first-order chi connectivity index (χ1) is 12.0. The fourth-order valence-electron chi connectivity index (χ4n) is 2.41. The summed E-state index contributed by atoms with van der Waals surface area (Å²) < 4.78 is 10.5. The molecule has 1 amide bonds. The molecule has 5 heteroatoms. The van der Waals surface area contributed by atoms with E-state index in [9.17, 15) is 4.79 Å². The summed E-state index contributed by atoms with van der Waals surface area (Å²) in [6.07, 6.45) is 7.62. The van der Waals surface area contributed by atoms with Crippen LogP contribution in [0.4, 0.5) is 0 Å². The van der Waals surface area contributed by atoms with Gasteiger partial charge in [0.15, 0.2) is 11.5 Å². The van der Waals surface area contributed by atoms with Crippen LogP contribution in [0.1, 0.15) is 16.7 Å². The summed E-state index contributed by atoms with van der Waals surface area (Å²) in [4.78, 5) is 18.0. The third-order valence-electron chi connectivity index (χ3n) is 3.87. The summed E-state index contributed by atoms with van der Waals surface area (Å²) in [6, 6.07) is 7.78. The van der Waals surface area contributed by atoms with E-state index < -0.39 is 0 Å². The van der Waals surface area contributed by atoms with Crippen LogP contribution in [0.5, 0.6) is 11.5 Å². The maximum Gasteiger partial charge on any atom is 0.246 e. The molecular weight excluding hydrogens is 316 g/mol. The summed E-state index contributed by atoms with van der Waals surface area (Å²) in [5.74, 6) is 1.35. The highest BCUT2D eigenvalue weighted by molar-refractivity contribution is 5.91. The number of aromatic nitrogens is 1. The maximum absolute atomic E-state index is 12.2. The van der Waals surface area contributed by atoms with Gasteiger partial charge in [0.1, 0.15) is 0 Å². The van der Waals surface area contributed by atoms with Gasteiger partial charge in [0.25, 0.3) is 0 Å². The molecule has 25 heavy (non-hydrogen) atoms. The minimum atomic E-state index is -0.0398. The lowest BCUT2D eigenvalue weighted by molar-refractivity contribution is -0.124. The van der Waals surface area contributed by atoms with Gasteiger partial charge < -0.3 is 14.4 Å². The molecule has 0 unspecified atom stereocenters. The Balaban J connectivity index is 1.93. The van der Waals surface area contributed by atoms with E-state index in [1.807, 2.05) is 31.2 Å². The van der Waals surface area contributed by atoms with E-state index >= 15 is 0 Å². The Morgan fingerprint density at radius 3 is 2.60 bits per heavy atom. The van der Waals surface area contributed by atoms with Gasteiger partial charge in [0.05, 0.1) is 14.2 Å². The highest BCUT2D eigenvalue weighted by Gasteiger charge is 2.08. The van der Waals surface area contributed by atoms with Crippen molar-refractivity contribution in [1.82, 2.24) is 9.88 Å². The summed E-state index contributed by atoms with van der Waals surface area (Å²) in [5, 5.41) is 0. The number of benzene rings is 1. The Bertz CT molecular complexity index is 756. The number of hydrogen-bond acceptors (Lipinski definition) is 4. The summed E-state index contributed by atoms with van der Waals surface area (Å²) in [6.45, 7) is 2.59. The Morgan fingerprint density at radius 1 is 1.16 bits per heavy atom. The molecule has 0 radical (unpaired) electrons. The number of ether oxygens (including phenoxy) is 2. The molecule has 2 aromatic rings. The van der Waals surface area contributed by atoms with E-state index in [0.717, 1.165) is 23.1 Å². The lowest BCUT2D eigenvalue weighted by atomic mass is 10.1. The number of nitrogens with zero attached hydrogens (tertiary/aromatic N) is 2. The van der Waals surface area contributed by atoms with Crippen LogP contribution < -0.4 is 9.47 Å². The van der Waals surface area contributed by atoms with E-state index in [1.54, 1.807) is 50.7 Å². The van der Waals surface area contributed by atoms with Gasteiger partial charge in [-0.2, -0.15) is 0 Å². The van der Waals surface area contributed by atoms with Gasteiger partial charge in [-0.3, -0.25) is 9.78 Å². The second-order valence-corrected chi connectivity index (χ2v) is 5.83. The molecule has 132 valence electrons. The SMILES string of the molecule is COc1ccc(CCN(C)C(=O)C=Cc2cncc(C)c2)cc1OC. The summed E-state index contributed by atoms with van der Waals surface area (Å²) >= 11 is 0. The van der Waals surface area contributed by atoms with Gasteiger partial charge in [0.2, 0.25) is 5.91 Å². The predicted molar refractivity (Wildman–Crippen MR) is 98.9 cm³/mol. The number of methoxy groups -OCH3 is 2. The number of hydrogen-bond donors (Lipinski definition) is 0. The lowest BCUT2D eigenvalue weighted by Crippen LogP contribution is -2.27. The molecule has 1 aromatic carbocycles. The van der Waals surface area contributed by atoms with Crippen LogP contribution in [0.2, 0.25) is 0 Å². The van der Waals surface area contributed by atoms with Crippen molar-refractivity contribution >= 4 is 12.0 Å². The van der Waals surface area contributed by atoms with E-state index in [1.165, 1.54) is 0 Å². The average Bonchev–Trinajstić information content (AvgIpc) is 2.63. The van der Waals surface area contributed by atoms with Gasteiger partial charge >= 0.3 is 0 Å². The number of pyridine rings is 1. The molecule has 2 rings (SSSR count). The minimum Gasteiger partial charge on any atom is -0.493 e. The van der Waals surface area contributed by atoms with Crippen LogP contribution in [0.15, 0.2) is 42.7 Å². The molecule has 1 aromatic heterocycles. The Hall–Kier alpha value is -2.82. The summed E-state index contributed by atoms with van der Waals surface area (Å²) in [7, 11) is 5.02. The van der Waals surface area contributed by atoms with E-state index in [0.29, 0.717) is 18.0 Å². The molecule has 0 N–H and O–H groups in total. The normalized spacial score (nSPS) is 10.7. The maximum atomic E-state index is 12.2. The first-order valence-electron chi connectivity index (χ1n) is 8.09. The first-order valence-corrected chi connectivity index (χ1v) is 8.09. The van der Waals surface area contributed by atoms with Crippen molar-refractivity contribution in [3.05, 3.63) is 59.4 Å². The Morgan fingerprint density at radius 2 is 1.92 bits per heavy atom. The fraction of sp³-hybridized carbons (Fsp3) is 0.300. The number of carbonyl (C=O) groups is 1. The van der Waals surface area contributed by atoms with Crippen molar-refractivity contribution in [1.29, 1.82) is 0 Å². The lowest BCUT2D eigenvalue weighted by Gasteiger charge is -2.16. The second kappa shape index (κ2) is 8.87. The van der Waals surface area contributed by atoms with Crippen LogP contribution in [0.3, 0.4) is 0 Å². The van der Waals surface area contributed by atoms with Crippen molar-refractivity contribution in [2.75, 3.05) is 27.8 Å². The topological polar surface area (TPSA) is 51.7 Å². The number of amides is 1. The first kappa shape index (κ1) is 18.5. The molecule has 0 fully saturated rings. The molecule has 0 spiro atoms. The van der Waals surface area contributed by atoms with Gasteiger partial charge in [-0.05, 0) is 54.3 Å². The van der Waals surface area contributed by atoms with Crippen molar-refractivity contribution in [2.24, 2.45) is 0 Å². The molecule has 0 saturated carbocycles. The molecule has 0 saturated heterocycles. The highest BCUT2D eigenvalue weighted by Crippen LogP contribution is 2.27. The molecule has 0 bridgehead atoms. The standard InChI is InChI=1S/C20H24N2O3/c1-15-11-17(14-21-13-15)6-8-20(23)22(2)10-9-16-5-7-18(24-3)19(12-16)25-4/h5-8,11-14H,9-10H2,1-4H3. The minimum absolute atomic E-state index is 0.0398. The van der Waals surface area contributed by atoms with Crippen LogP contribution in [-0.4, -0.2) is 43.6 Å². The van der Waals surface area contributed by atoms with Crippen molar-refractivity contribution in [2.45, 2.75) is 13.3 Å². The zero-order valence-corrected chi connectivity index (χ0v) is 15.2.